The van der Waals surface area contributed by atoms with E-state index >= 15 is 0 Å². The standard InChI is InChI=1S/C21H22N4O2/c1-2-15(22)13-23-20-16-7-3-4-8-18(16)24-21(25-20)17-12-14(6-5-11-26)9-10-19(17)27/h3-4,7-10,12,15,26-27H,2,11,13,22H2,1H3,(H,23,24,25)/t15-/m1/s1. The van der Waals surface area contributed by atoms with Crippen LogP contribution >= 0.6 is 0 Å². The maximum atomic E-state index is 10.3. The van der Waals surface area contributed by atoms with Crippen LogP contribution in [0.1, 0.15) is 18.9 Å². The molecule has 0 unspecified atom stereocenters. The van der Waals surface area contributed by atoms with Crippen molar-refractivity contribution >= 4 is 16.7 Å². The quantitative estimate of drug-likeness (QED) is 0.520. The van der Waals surface area contributed by atoms with E-state index in [0.29, 0.717) is 29.3 Å². The van der Waals surface area contributed by atoms with Gasteiger partial charge in [-0.25, -0.2) is 9.97 Å². The molecule has 138 valence electrons. The Labute approximate surface area is 158 Å². The molecule has 0 fully saturated rings. The van der Waals surface area contributed by atoms with Gasteiger partial charge in [-0.15, -0.1) is 0 Å². The molecule has 6 heteroatoms. The Morgan fingerprint density at radius 1 is 1.19 bits per heavy atom. The van der Waals surface area contributed by atoms with Gasteiger partial charge in [-0.05, 0) is 36.8 Å². The van der Waals surface area contributed by atoms with Gasteiger partial charge in [0.05, 0.1) is 11.1 Å². The first-order valence-corrected chi connectivity index (χ1v) is 8.81. The van der Waals surface area contributed by atoms with Crippen LogP contribution in [0.15, 0.2) is 42.5 Å². The Kier molecular flexibility index (Phi) is 5.87. The zero-order chi connectivity index (χ0) is 19.2. The van der Waals surface area contributed by atoms with Crippen molar-refractivity contribution in [2.45, 2.75) is 19.4 Å². The van der Waals surface area contributed by atoms with Crippen molar-refractivity contribution in [1.82, 2.24) is 9.97 Å². The minimum absolute atomic E-state index is 0.0210. The van der Waals surface area contributed by atoms with Crippen LogP contribution in [-0.2, 0) is 0 Å². The molecule has 1 heterocycles. The van der Waals surface area contributed by atoms with Crippen LogP contribution in [-0.4, -0.2) is 39.4 Å². The normalized spacial score (nSPS) is 11.7. The number of para-hydroxylation sites is 1. The zero-order valence-electron chi connectivity index (χ0n) is 15.1. The van der Waals surface area contributed by atoms with Gasteiger partial charge in [0.2, 0.25) is 0 Å². The Bertz CT molecular complexity index is 1010. The lowest BCUT2D eigenvalue weighted by atomic mass is 10.1. The number of phenols is 1. The molecule has 0 aliphatic carbocycles. The van der Waals surface area contributed by atoms with E-state index in [1.807, 2.05) is 31.2 Å². The van der Waals surface area contributed by atoms with E-state index in [2.05, 4.69) is 27.1 Å². The lowest BCUT2D eigenvalue weighted by molar-refractivity contribution is 0.350. The number of fused-ring (bicyclic) bond motifs is 1. The van der Waals surface area contributed by atoms with Crippen LogP contribution in [0.4, 0.5) is 5.82 Å². The lowest BCUT2D eigenvalue weighted by Crippen LogP contribution is -2.28. The molecule has 0 radical (unpaired) electrons. The summed E-state index contributed by atoms with van der Waals surface area (Å²) < 4.78 is 0. The van der Waals surface area contributed by atoms with E-state index in [1.54, 1.807) is 18.2 Å². The first-order chi connectivity index (χ1) is 13.1. The van der Waals surface area contributed by atoms with Crippen LogP contribution < -0.4 is 11.1 Å². The van der Waals surface area contributed by atoms with E-state index in [4.69, 9.17) is 10.8 Å². The Balaban J connectivity index is 2.09. The first-order valence-electron chi connectivity index (χ1n) is 8.81. The number of nitrogens with two attached hydrogens (primary N) is 1. The number of rotatable bonds is 5. The summed E-state index contributed by atoms with van der Waals surface area (Å²) in [7, 11) is 0. The smallest absolute Gasteiger partial charge is 0.165 e. The van der Waals surface area contributed by atoms with Crippen LogP contribution in [0.25, 0.3) is 22.3 Å². The van der Waals surface area contributed by atoms with Crippen molar-refractivity contribution in [3.05, 3.63) is 48.0 Å². The molecule has 0 amide bonds. The molecule has 5 N–H and O–H groups in total. The van der Waals surface area contributed by atoms with Gasteiger partial charge >= 0.3 is 0 Å². The summed E-state index contributed by atoms with van der Waals surface area (Å²) in [5, 5.41) is 23.4. The van der Waals surface area contributed by atoms with E-state index in [9.17, 15) is 5.11 Å². The first kappa shape index (κ1) is 18.6. The van der Waals surface area contributed by atoms with Crippen molar-refractivity contribution in [3.8, 4) is 29.0 Å². The molecular weight excluding hydrogens is 340 g/mol. The maximum absolute atomic E-state index is 10.3. The van der Waals surface area contributed by atoms with Gasteiger partial charge in [0.1, 0.15) is 18.2 Å². The van der Waals surface area contributed by atoms with Gasteiger partial charge in [-0.2, -0.15) is 0 Å². The van der Waals surface area contributed by atoms with E-state index < -0.39 is 0 Å². The SMILES string of the molecule is CC[C@@H](N)CNc1nc(-c2cc(C#CCO)ccc2O)nc2ccccc12. The number of aromatic nitrogens is 2. The highest BCUT2D eigenvalue weighted by atomic mass is 16.3. The molecule has 0 bridgehead atoms. The van der Waals surface area contributed by atoms with Crippen molar-refractivity contribution in [2.75, 3.05) is 18.5 Å². The maximum Gasteiger partial charge on any atom is 0.165 e. The average molecular weight is 362 g/mol. The van der Waals surface area contributed by atoms with E-state index in [1.165, 1.54) is 0 Å². The van der Waals surface area contributed by atoms with E-state index in [-0.39, 0.29) is 18.4 Å². The molecule has 0 saturated heterocycles. The third-order valence-corrected chi connectivity index (χ3v) is 4.21. The highest BCUT2D eigenvalue weighted by molar-refractivity contribution is 5.91. The number of nitrogens with zero attached hydrogens (tertiary/aromatic N) is 2. The zero-order valence-corrected chi connectivity index (χ0v) is 15.1. The fraction of sp³-hybridized carbons (Fsp3) is 0.238. The summed E-state index contributed by atoms with van der Waals surface area (Å²) in [5.74, 6) is 6.56. The third-order valence-electron chi connectivity index (χ3n) is 4.21. The number of nitrogens with one attached hydrogen (secondary N) is 1. The van der Waals surface area contributed by atoms with E-state index in [0.717, 1.165) is 17.3 Å². The van der Waals surface area contributed by atoms with Gasteiger partial charge < -0.3 is 21.3 Å². The summed E-state index contributed by atoms with van der Waals surface area (Å²) in [4.78, 5) is 9.22. The molecule has 1 aromatic heterocycles. The predicted octanol–water partition coefficient (Wildman–Crippen LogP) is 2.50. The number of anilines is 1. The molecule has 3 rings (SSSR count). The largest absolute Gasteiger partial charge is 0.507 e. The summed E-state index contributed by atoms with van der Waals surface area (Å²) in [6.45, 7) is 2.40. The number of hydrogen-bond acceptors (Lipinski definition) is 6. The molecular formula is C21H22N4O2. The fourth-order valence-corrected chi connectivity index (χ4v) is 2.64. The second-order valence-corrected chi connectivity index (χ2v) is 6.15. The molecule has 1 atom stereocenters. The molecule has 0 saturated carbocycles. The topological polar surface area (TPSA) is 104 Å². The number of benzene rings is 2. The van der Waals surface area contributed by atoms with Gasteiger partial charge in [-0.3, -0.25) is 0 Å². The monoisotopic (exact) mass is 362 g/mol. The second kappa shape index (κ2) is 8.49. The molecule has 27 heavy (non-hydrogen) atoms. The fourth-order valence-electron chi connectivity index (χ4n) is 2.64. The van der Waals surface area contributed by atoms with Crippen LogP contribution in [0, 0.1) is 11.8 Å². The van der Waals surface area contributed by atoms with Crippen LogP contribution in [0.2, 0.25) is 0 Å². The predicted molar refractivity (Wildman–Crippen MR) is 107 cm³/mol. The van der Waals surface area contributed by atoms with Crippen LogP contribution in [0.3, 0.4) is 0 Å². The van der Waals surface area contributed by atoms with Crippen LogP contribution in [0.5, 0.6) is 5.75 Å². The lowest BCUT2D eigenvalue weighted by Gasteiger charge is -2.14. The number of aliphatic hydroxyl groups excluding tert-OH is 1. The molecule has 0 aliphatic heterocycles. The average Bonchev–Trinajstić information content (AvgIpc) is 2.70. The summed E-state index contributed by atoms with van der Waals surface area (Å²) in [5.41, 5.74) is 7.93. The van der Waals surface area contributed by atoms with Gasteiger partial charge in [0.25, 0.3) is 0 Å². The number of phenolic OH excluding ortho intramolecular Hbond substituents is 1. The molecule has 3 aromatic rings. The van der Waals surface area contributed by atoms with Crippen molar-refractivity contribution in [1.29, 1.82) is 0 Å². The minimum Gasteiger partial charge on any atom is -0.507 e. The third kappa shape index (κ3) is 4.34. The number of aliphatic hydroxyl groups is 1. The molecule has 0 aliphatic rings. The molecule has 6 nitrogen and oxygen atoms in total. The highest BCUT2D eigenvalue weighted by Crippen LogP contribution is 2.31. The molecule has 0 spiro atoms. The van der Waals surface area contributed by atoms with Crippen molar-refractivity contribution in [3.63, 3.8) is 0 Å². The number of hydrogen-bond donors (Lipinski definition) is 4. The Morgan fingerprint density at radius 3 is 2.78 bits per heavy atom. The molecule has 2 aromatic carbocycles. The van der Waals surface area contributed by atoms with Crippen molar-refractivity contribution in [2.24, 2.45) is 5.73 Å². The van der Waals surface area contributed by atoms with Gasteiger partial charge in [0.15, 0.2) is 5.82 Å². The summed E-state index contributed by atoms with van der Waals surface area (Å²) in [6, 6.07) is 12.6. The van der Waals surface area contributed by atoms with Gasteiger partial charge in [-0.1, -0.05) is 30.9 Å². The van der Waals surface area contributed by atoms with Crippen molar-refractivity contribution < 1.29 is 10.2 Å². The summed E-state index contributed by atoms with van der Waals surface area (Å²) >= 11 is 0. The number of aromatic hydroxyl groups is 1. The highest BCUT2D eigenvalue weighted by Gasteiger charge is 2.13. The minimum atomic E-state index is -0.228. The Morgan fingerprint density at radius 2 is 2.00 bits per heavy atom. The summed E-state index contributed by atoms with van der Waals surface area (Å²) in [6.07, 6.45) is 0.856. The Hall–Kier alpha value is -3.14. The second-order valence-electron chi connectivity index (χ2n) is 6.15. The van der Waals surface area contributed by atoms with Gasteiger partial charge in [0, 0.05) is 23.5 Å².